The Morgan fingerprint density at radius 3 is 2.56 bits per heavy atom. The lowest BCUT2D eigenvalue weighted by molar-refractivity contribution is -0.121. The lowest BCUT2D eigenvalue weighted by Gasteiger charge is -2.26. The van der Waals surface area contributed by atoms with Gasteiger partial charge in [0.2, 0.25) is 5.91 Å². The Hall–Kier alpha value is -2.39. The number of halogens is 1. The summed E-state index contributed by atoms with van der Waals surface area (Å²) in [5.41, 5.74) is 1.95. The number of hydrogen-bond donors (Lipinski definition) is 1. The van der Waals surface area contributed by atoms with Crippen molar-refractivity contribution in [2.24, 2.45) is 0 Å². The molecule has 9 heteroatoms. The molecule has 7 nitrogen and oxygen atoms in total. The number of para-hydroxylation sites is 1. The number of carbonyl (C=O) groups excluding carboxylic acids is 1. The molecule has 0 radical (unpaired) electrons. The summed E-state index contributed by atoms with van der Waals surface area (Å²) in [6.07, 6.45) is 2.25. The van der Waals surface area contributed by atoms with Crippen LogP contribution in [0.3, 0.4) is 0 Å². The summed E-state index contributed by atoms with van der Waals surface area (Å²) >= 11 is 7.67. The van der Waals surface area contributed by atoms with Crippen LogP contribution in [0.4, 0.5) is 0 Å². The van der Waals surface area contributed by atoms with E-state index in [1.54, 1.807) is 11.8 Å². The Kier molecular flexibility index (Phi) is 9.38. The number of benzene rings is 2. The summed E-state index contributed by atoms with van der Waals surface area (Å²) in [5, 5.41) is 13.4. The van der Waals surface area contributed by atoms with Gasteiger partial charge in [0.15, 0.2) is 11.0 Å². The first kappa shape index (κ1) is 24.7. The molecule has 2 aromatic carbocycles. The van der Waals surface area contributed by atoms with Crippen molar-refractivity contribution < 1.29 is 9.53 Å². The van der Waals surface area contributed by atoms with E-state index in [4.69, 9.17) is 16.3 Å². The fourth-order valence-electron chi connectivity index (χ4n) is 3.80. The fourth-order valence-corrected chi connectivity index (χ4v) is 4.82. The molecule has 1 saturated heterocycles. The number of carbonyl (C=O) groups is 1. The minimum atomic E-state index is 0.106. The minimum absolute atomic E-state index is 0.106. The van der Waals surface area contributed by atoms with Gasteiger partial charge in [0.1, 0.15) is 0 Å². The van der Waals surface area contributed by atoms with Crippen LogP contribution in [0.25, 0.3) is 17.1 Å². The maximum Gasteiger partial charge on any atom is 0.220 e. The lowest BCUT2D eigenvalue weighted by atomic mass is 10.2. The smallest absolute Gasteiger partial charge is 0.220 e. The van der Waals surface area contributed by atoms with Crippen LogP contribution in [0.2, 0.25) is 5.02 Å². The van der Waals surface area contributed by atoms with Crippen LogP contribution in [0.15, 0.2) is 59.8 Å². The van der Waals surface area contributed by atoms with Gasteiger partial charge in [0, 0.05) is 48.1 Å². The average molecular weight is 500 g/mol. The molecule has 1 aliphatic heterocycles. The first-order valence-corrected chi connectivity index (χ1v) is 13.0. The molecular formula is C25H30ClN5O2S. The second-order valence-corrected chi connectivity index (χ2v) is 9.59. The predicted octanol–water partition coefficient (Wildman–Crippen LogP) is 4.30. The largest absolute Gasteiger partial charge is 0.379 e. The van der Waals surface area contributed by atoms with Crippen molar-refractivity contribution in [2.45, 2.75) is 24.4 Å². The zero-order chi connectivity index (χ0) is 23.6. The monoisotopic (exact) mass is 499 g/mol. The van der Waals surface area contributed by atoms with Crippen molar-refractivity contribution >= 4 is 29.3 Å². The average Bonchev–Trinajstić information content (AvgIpc) is 3.30. The van der Waals surface area contributed by atoms with Gasteiger partial charge in [-0.25, -0.2) is 0 Å². The van der Waals surface area contributed by atoms with Crippen molar-refractivity contribution in [1.82, 2.24) is 25.0 Å². The van der Waals surface area contributed by atoms with Gasteiger partial charge >= 0.3 is 0 Å². The molecule has 1 aliphatic rings. The third kappa shape index (κ3) is 7.06. The second-order valence-electron chi connectivity index (χ2n) is 8.09. The molecule has 1 fully saturated rings. The van der Waals surface area contributed by atoms with E-state index in [1.807, 2.05) is 54.6 Å². The van der Waals surface area contributed by atoms with Crippen LogP contribution in [-0.2, 0) is 9.53 Å². The molecule has 180 valence electrons. The molecule has 4 rings (SSSR count). The molecule has 34 heavy (non-hydrogen) atoms. The summed E-state index contributed by atoms with van der Waals surface area (Å²) in [7, 11) is 0. The number of amides is 1. The van der Waals surface area contributed by atoms with Gasteiger partial charge in [0.25, 0.3) is 0 Å². The fraction of sp³-hybridized carbons (Fsp3) is 0.400. The Morgan fingerprint density at radius 2 is 1.79 bits per heavy atom. The molecule has 1 aromatic heterocycles. The number of morpholine rings is 1. The summed E-state index contributed by atoms with van der Waals surface area (Å²) < 4.78 is 7.42. The third-order valence-electron chi connectivity index (χ3n) is 5.61. The van der Waals surface area contributed by atoms with Crippen LogP contribution in [-0.4, -0.2) is 70.7 Å². The van der Waals surface area contributed by atoms with Crippen LogP contribution in [0.5, 0.6) is 0 Å². The molecule has 3 aromatic rings. The topological polar surface area (TPSA) is 72.3 Å². The SMILES string of the molecule is O=C(CCCSc1nnc(-c2ccc(Cl)cc2)n1-c1ccccc1)NCCCN1CCOCC1. The number of ether oxygens (including phenoxy) is 1. The molecular weight excluding hydrogens is 470 g/mol. The minimum Gasteiger partial charge on any atom is -0.379 e. The van der Waals surface area contributed by atoms with Crippen molar-refractivity contribution in [3.8, 4) is 17.1 Å². The highest BCUT2D eigenvalue weighted by Gasteiger charge is 2.16. The quantitative estimate of drug-likeness (QED) is 0.313. The van der Waals surface area contributed by atoms with Gasteiger partial charge in [-0.05, 0) is 55.8 Å². The van der Waals surface area contributed by atoms with Crippen molar-refractivity contribution in [2.75, 3.05) is 45.1 Å². The number of nitrogens with one attached hydrogen (secondary N) is 1. The maximum atomic E-state index is 12.2. The zero-order valence-corrected chi connectivity index (χ0v) is 20.7. The molecule has 2 heterocycles. The first-order chi connectivity index (χ1) is 16.7. The number of aromatic nitrogens is 3. The van der Waals surface area contributed by atoms with Crippen molar-refractivity contribution in [1.29, 1.82) is 0 Å². The Morgan fingerprint density at radius 1 is 1.03 bits per heavy atom. The van der Waals surface area contributed by atoms with E-state index in [0.29, 0.717) is 11.4 Å². The van der Waals surface area contributed by atoms with Crippen molar-refractivity contribution in [3.05, 3.63) is 59.6 Å². The number of thioether (sulfide) groups is 1. The van der Waals surface area contributed by atoms with Crippen LogP contribution < -0.4 is 5.32 Å². The van der Waals surface area contributed by atoms with E-state index in [0.717, 1.165) is 80.2 Å². The molecule has 0 atom stereocenters. The van der Waals surface area contributed by atoms with Crippen LogP contribution >= 0.6 is 23.4 Å². The Labute approximate surface area is 209 Å². The number of rotatable bonds is 11. The zero-order valence-electron chi connectivity index (χ0n) is 19.2. The van der Waals surface area contributed by atoms with Gasteiger partial charge in [-0.15, -0.1) is 10.2 Å². The highest BCUT2D eigenvalue weighted by Crippen LogP contribution is 2.29. The Bertz CT molecular complexity index is 1040. The summed E-state index contributed by atoms with van der Waals surface area (Å²) in [6.45, 7) is 5.31. The van der Waals surface area contributed by atoms with Gasteiger partial charge < -0.3 is 10.1 Å². The summed E-state index contributed by atoms with van der Waals surface area (Å²) in [4.78, 5) is 14.6. The molecule has 0 unspecified atom stereocenters. The lowest BCUT2D eigenvalue weighted by Crippen LogP contribution is -2.38. The summed E-state index contributed by atoms with van der Waals surface area (Å²) in [6, 6.07) is 17.7. The predicted molar refractivity (Wildman–Crippen MR) is 137 cm³/mol. The van der Waals surface area contributed by atoms with Crippen LogP contribution in [0, 0.1) is 0 Å². The molecule has 0 aliphatic carbocycles. The third-order valence-corrected chi connectivity index (χ3v) is 6.87. The van der Waals surface area contributed by atoms with E-state index in [-0.39, 0.29) is 5.91 Å². The van der Waals surface area contributed by atoms with E-state index < -0.39 is 0 Å². The van der Waals surface area contributed by atoms with Gasteiger partial charge in [-0.1, -0.05) is 41.6 Å². The normalized spacial score (nSPS) is 14.3. The molecule has 1 N–H and O–H groups in total. The number of nitrogens with zero attached hydrogens (tertiary/aromatic N) is 4. The standard InChI is InChI=1S/C25H30ClN5O2S/c26-21-11-9-20(10-12-21)24-28-29-25(31(24)22-6-2-1-3-7-22)34-19-4-8-23(32)27-13-5-14-30-15-17-33-18-16-30/h1-3,6-7,9-12H,4-5,8,13-19H2,(H,27,32). The summed E-state index contributed by atoms with van der Waals surface area (Å²) in [5.74, 6) is 1.66. The van der Waals surface area contributed by atoms with Crippen LogP contribution in [0.1, 0.15) is 19.3 Å². The first-order valence-electron chi connectivity index (χ1n) is 11.7. The van der Waals surface area contributed by atoms with Gasteiger partial charge in [0.05, 0.1) is 13.2 Å². The van der Waals surface area contributed by atoms with E-state index in [1.165, 1.54) is 0 Å². The highest BCUT2D eigenvalue weighted by molar-refractivity contribution is 7.99. The van der Waals surface area contributed by atoms with Gasteiger partial charge in [-0.2, -0.15) is 0 Å². The molecule has 1 amide bonds. The van der Waals surface area contributed by atoms with E-state index in [9.17, 15) is 4.79 Å². The molecule has 0 saturated carbocycles. The van der Waals surface area contributed by atoms with E-state index >= 15 is 0 Å². The van der Waals surface area contributed by atoms with E-state index in [2.05, 4.69) is 25.0 Å². The molecule has 0 spiro atoms. The van der Waals surface area contributed by atoms with Gasteiger partial charge in [-0.3, -0.25) is 14.3 Å². The number of hydrogen-bond acceptors (Lipinski definition) is 6. The maximum absolute atomic E-state index is 12.2. The van der Waals surface area contributed by atoms with Crippen molar-refractivity contribution in [3.63, 3.8) is 0 Å². The second kappa shape index (κ2) is 12.9. The highest BCUT2D eigenvalue weighted by atomic mass is 35.5. The Balaban J connectivity index is 1.27. The molecule has 0 bridgehead atoms.